The highest BCUT2D eigenvalue weighted by atomic mass is 32.1. The van der Waals surface area contributed by atoms with Crippen molar-refractivity contribution in [3.63, 3.8) is 0 Å². The van der Waals surface area contributed by atoms with E-state index in [1.807, 2.05) is 13.8 Å². The number of carbonyl (C=O) groups is 1. The molecule has 0 saturated heterocycles. The minimum absolute atomic E-state index is 0.166. The Morgan fingerprint density at radius 1 is 1.61 bits per heavy atom. The molecule has 1 aromatic heterocycles. The van der Waals surface area contributed by atoms with Gasteiger partial charge in [-0.2, -0.15) is 0 Å². The monoisotopic (exact) mass is 269 g/mol. The number of rotatable bonds is 6. The van der Waals surface area contributed by atoms with Crippen LogP contribution < -0.4 is 5.73 Å². The van der Waals surface area contributed by atoms with E-state index in [0.29, 0.717) is 36.1 Å². The molecule has 6 heteroatoms. The summed E-state index contributed by atoms with van der Waals surface area (Å²) in [5.74, 6) is 0.459. The van der Waals surface area contributed by atoms with Crippen molar-refractivity contribution in [3.8, 4) is 0 Å². The summed E-state index contributed by atoms with van der Waals surface area (Å²) in [4.78, 5) is 14.3. The molecule has 2 N–H and O–H groups in total. The molecule has 0 aliphatic rings. The molecule has 0 radical (unpaired) electrons. The molecule has 0 bridgehead atoms. The largest absolute Gasteiger partial charge is 0.393 e. The summed E-state index contributed by atoms with van der Waals surface area (Å²) in [5.41, 5.74) is 6.16. The van der Waals surface area contributed by atoms with Crippen LogP contribution in [-0.2, 0) is 0 Å². The molecule has 0 aromatic carbocycles. The fraction of sp³-hybridized carbons (Fsp3) is 0.583. The highest BCUT2D eigenvalue weighted by molar-refractivity contribution is 7.80. The third-order valence-electron chi connectivity index (χ3n) is 2.34. The van der Waals surface area contributed by atoms with Crippen LogP contribution in [0, 0.1) is 12.8 Å². The maximum atomic E-state index is 12.2. The molecule has 0 spiro atoms. The number of hydrogen-bond donors (Lipinski definition) is 1. The fourth-order valence-corrected chi connectivity index (χ4v) is 1.67. The number of carbonyl (C=O) groups excluding carboxylic acids is 1. The number of nitrogens with zero attached hydrogens (tertiary/aromatic N) is 2. The molecule has 1 rings (SSSR count). The van der Waals surface area contributed by atoms with Crippen molar-refractivity contribution in [2.24, 2.45) is 11.7 Å². The summed E-state index contributed by atoms with van der Waals surface area (Å²) in [6, 6.07) is 1.64. The smallest absolute Gasteiger partial charge is 0.292 e. The van der Waals surface area contributed by atoms with Crippen molar-refractivity contribution in [3.05, 3.63) is 17.5 Å². The molecular weight excluding hydrogens is 250 g/mol. The van der Waals surface area contributed by atoms with Gasteiger partial charge in [-0.3, -0.25) is 4.79 Å². The lowest BCUT2D eigenvalue weighted by Gasteiger charge is -2.23. The van der Waals surface area contributed by atoms with E-state index in [1.165, 1.54) is 0 Å². The quantitative estimate of drug-likeness (QED) is 0.797. The lowest BCUT2D eigenvalue weighted by Crippen LogP contribution is -2.36. The van der Waals surface area contributed by atoms with Crippen LogP contribution in [0.15, 0.2) is 10.6 Å². The van der Waals surface area contributed by atoms with Gasteiger partial charge in [-0.15, -0.1) is 0 Å². The minimum Gasteiger partial charge on any atom is -0.393 e. The van der Waals surface area contributed by atoms with Crippen LogP contribution in [-0.4, -0.2) is 34.0 Å². The second kappa shape index (κ2) is 6.49. The number of hydrogen-bond acceptors (Lipinski definition) is 4. The zero-order chi connectivity index (χ0) is 13.7. The van der Waals surface area contributed by atoms with Crippen LogP contribution in [0.1, 0.15) is 36.5 Å². The second-order valence-electron chi connectivity index (χ2n) is 4.69. The number of aryl methyl sites for hydroxylation is 1. The van der Waals surface area contributed by atoms with Gasteiger partial charge in [0.05, 0.1) is 10.7 Å². The van der Waals surface area contributed by atoms with E-state index in [4.69, 9.17) is 22.5 Å². The van der Waals surface area contributed by atoms with Crippen LogP contribution in [0.25, 0.3) is 0 Å². The molecule has 0 aliphatic carbocycles. The zero-order valence-electron chi connectivity index (χ0n) is 11.0. The average Bonchev–Trinajstić information content (AvgIpc) is 2.69. The van der Waals surface area contributed by atoms with Gasteiger partial charge < -0.3 is 15.2 Å². The summed E-state index contributed by atoms with van der Waals surface area (Å²) >= 11 is 4.84. The van der Waals surface area contributed by atoms with Gasteiger partial charge in [0.25, 0.3) is 5.91 Å². The van der Waals surface area contributed by atoms with Gasteiger partial charge in [-0.25, -0.2) is 0 Å². The lowest BCUT2D eigenvalue weighted by molar-refractivity contribution is 0.0699. The number of amides is 1. The molecule has 0 aliphatic heterocycles. The Labute approximate surface area is 112 Å². The van der Waals surface area contributed by atoms with Crippen molar-refractivity contribution in [1.29, 1.82) is 0 Å². The van der Waals surface area contributed by atoms with Gasteiger partial charge in [0, 0.05) is 25.6 Å². The van der Waals surface area contributed by atoms with Crippen LogP contribution in [0.4, 0.5) is 0 Å². The van der Waals surface area contributed by atoms with Gasteiger partial charge in [0.1, 0.15) is 0 Å². The van der Waals surface area contributed by atoms with Crippen molar-refractivity contribution in [2.75, 3.05) is 13.1 Å². The van der Waals surface area contributed by atoms with Gasteiger partial charge in [0.15, 0.2) is 0 Å². The summed E-state index contributed by atoms with van der Waals surface area (Å²) in [6.45, 7) is 7.02. The summed E-state index contributed by atoms with van der Waals surface area (Å²) in [7, 11) is 0. The summed E-state index contributed by atoms with van der Waals surface area (Å²) in [6.07, 6.45) is 0.515. The maximum Gasteiger partial charge on any atom is 0.292 e. The molecule has 0 unspecified atom stereocenters. The second-order valence-corrected chi connectivity index (χ2v) is 5.22. The van der Waals surface area contributed by atoms with Crippen molar-refractivity contribution < 1.29 is 9.32 Å². The molecule has 100 valence electrons. The highest BCUT2D eigenvalue weighted by Crippen LogP contribution is 2.09. The first-order chi connectivity index (χ1) is 8.40. The zero-order valence-corrected chi connectivity index (χ0v) is 11.8. The predicted octanol–water partition coefficient (Wildman–Crippen LogP) is 1.76. The van der Waals surface area contributed by atoms with E-state index in [-0.39, 0.29) is 11.7 Å². The number of nitrogens with two attached hydrogens (primary N) is 1. The first-order valence-corrected chi connectivity index (χ1v) is 6.32. The third-order valence-corrected chi connectivity index (χ3v) is 2.54. The van der Waals surface area contributed by atoms with Gasteiger partial charge in [0.2, 0.25) is 5.76 Å². The molecule has 0 atom stereocenters. The number of aromatic nitrogens is 1. The van der Waals surface area contributed by atoms with E-state index in [2.05, 4.69) is 5.16 Å². The van der Waals surface area contributed by atoms with Gasteiger partial charge in [-0.05, 0) is 12.8 Å². The summed E-state index contributed by atoms with van der Waals surface area (Å²) in [5, 5.41) is 3.72. The van der Waals surface area contributed by atoms with E-state index in [9.17, 15) is 4.79 Å². The SMILES string of the molecule is Cc1cc(C(=O)N(CCC(N)=S)CC(C)C)on1. The molecule has 18 heavy (non-hydrogen) atoms. The van der Waals surface area contributed by atoms with Gasteiger partial charge in [-0.1, -0.05) is 31.2 Å². The standard InChI is InChI=1S/C12H19N3O2S/c1-8(2)7-15(5-4-11(13)18)12(16)10-6-9(3)14-17-10/h6,8H,4-5,7H2,1-3H3,(H2,13,18). The Balaban J connectivity index is 2.75. The first-order valence-electron chi connectivity index (χ1n) is 5.91. The lowest BCUT2D eigenvalue weighted by atomic mass is 10.2. The van der Waals surface area contributed by atoms with Crippen molar-refractivity contribution >= 4 is 23.1 Å². The van der Waals surface area contributed by atoms with E-state index in [0.717, 1.165) is 0 Å². The van der Waals surface area contributed by atoms with Crippen LogP contribution >= 0.6 is 12.2 Å². The molecule has 0 fully saturated rings. The summed E-state index contributed by atoms with van der Waals surface area (Å²) < 4.78 is 4.99. The predicted molar refractivity (Wildman–Crippen MR) is 73.4 cm³/mol. The Hall–Kier alpha value is -1.43. The van der Waals surface area contributed by atoms with Gasteiger partial charge >= 0.3 is 0 Å². The minimum atomic E-state index is -0.166. The third kappa shape index (κ3) is 4.44. The maximum absolute atomic E-state index is 12.2. The topological polar surface area (TPSA) is 72.4 Å². The van der Waals surface area contributed by atoms with E-state index < -0.39 is 0 Å². The highest BCUT2D eigenvalue weighted by Gasteiger charge is 2.20. The molecule has 5 nitrogen and oxygen atoms in total. The Kier molecular flexibility index (Phi) is 5.27. The fourth-order valence-electron chi connectivity index (χ4n) is 1.58. The van der Waals surface area contributed by atoms with Crippen molar-refractivity contribution in [1.82, 2.24) is 10.1 Å². The van der Waals surface area contributed by atoms with E-state index >= 15 is 0 Å². The molecule has 0 saturated carbocycles. The average molecular weight is 269 g/mol. The first kappa shape index (κ1) is 14.6. The van der Waals surface area contributed by atoms with E-state index in [1.54, 1.807) is 17.9 Å². The molecule has 1 aromatic rings. The molecule has 1 amide bonds. The Bertz CT molecular complexity index is 429. The van der Waals surface area contributed by atoms with Crippen LogP contribution in [0.3, 0.4) is 0 Å². The van der Waals surface area contributed by atoms with Crippen molar-refractivity contribution in [2.45, 2.75) is 27.2 Å². The Morgan fingerprint density at radius 2 is 2.28 bits per heavy atom. The van der Waals surface area contributed by atoms with Crippen LogP contribution in [0.2, 0.25) is 0 Å². The molecule has 1 heterocycles. The Morgan fingerprint density at radius 3 is 2.72 bits per heavy atom. The normalized spacial score (nSPS) is 10.7. The molecular formula is C12H19N3O2S. The van der Waals surface area contributed by atoms with Crippen LogP contribution in [0.5, 0.6) is 0 Å². The number of thiocarbonyl (C=S) groups is 1.